The highest BCUT2D eigenvalue weighted by molar-refractivity contribution is 5.90. The number of carbonyl (C=O) groups is 2. The lowest BCUT2D eigenvalue weighted by atomic mass is 9.93. The molecular formula is C25H26F2N4O3. The molecule has 2 amide bonds. The highest BCUT2D eigenvalue weighted by Crippen LogP contribution is 2.33. The van der Waals surface area contributed by atoms with E-state index in [2.05, 4.69) is 11.4 Å². The summed E-state index contributed by atoms with van der Waals surface area (Å²) in [5, 5.41) is 11.5. The van der Waals surface area contributed by atoms with Crippen LogP contribution in [0.1, 0.15) is 26.2 Å². The highest BCUT2D eigenvalue weighted by atomic mass is 19.1. The number of carbonyl (C=O) groups excluding carboxylic acids is 2. The molecule has 2 aromatic carbocycles. The Hall–Kier alpha value is -3.67. The van der Waals surface area contributed by atoms with Gasteiger partial charge in [-0.1, -0.05) is 6.07 Å². The number of nitrogens with zero attached hydrogens (tertiary/aromatic N) is 3. The van der Waals surface area contributed by atoms with Gasteiger partial charge in [-0.15, -0.1) is 0 Å². The standard InChI is InChI=1S/C25H26F2N4O3/c1-16(32)29-14-20-15-31(25(33)34-20)19-3-4-21(22(26)13-19)18-2-5-24(23(27)12-18)30-10-7-17(6-9-28)8-11-30/h2-5,12-13,17,20H,6-8,10-11,14-15H2,1H3,(H,29,32). The number of rotatable bonds is 6. The van der Waals surface area contributed by atoms with Gasteiger partial charge in [0.05, 0.1) is 30.5 Å². The maximum Gasteiger partial charge on any atom is 0.414 e. The van der Waals surface area contributed by atoms with Crippen molar-refractivity contribution in [2.75, 3.05) is 36.0 Å². The quantitative estimate of drug-likeness (QED) is 0.686. The van der Waals surface area contributed by atoms with Crippen LogP contribution in [0.4, 0.5) is 25.0 Å². The van der Waals surface area contributed by atoms with Crippen molar-refractivity contribution in [3.05, 3.63) is 48.0 Å². The SMILES string of the molecule is CC(=O)NCC1CN(c2ccc(-c3ccc(N4CCC(CC#N)CC4)c(F)c3)c(F)c2)C(=O)O1. The Labute approximate surface area is 196 Å². The lowest BCUT2D eigenvalue weighted by molar-refractivity contribution is -0.119. The number of nitrogens with one attached hydrogen (secondary N) is 1. The Kier molecular flexibility index (Phi) is 6.96. The third kappa shape index (κ3) is 5.11. The fraction of sp³-hybridized carbons (Fsp3) is 0.400. The second-order valence-corrected chi connectivity index (χ2v) is 8.68. The van der Waals surface area contributed by atoms with Gasteiger partial charge in [-0.3, -0.25) is 9.69 Å². The van der Waals surface area contributed by atoms with Gasteiger partial charge in [-0.05, 0) is 54.7 Å². The van der Waals surface area contributed by atoms with Crippen LogP contribution in [0.25, 0.3) is 11.1 Å². The molecule has 1 N–H and O–H groups in total. The normalized spacial score (nSPS) is 18.5. The molecule has 2 aromatic rings. The third-order valence-electron chi connectivity index (χ3n) is 6.31. The van der Waals surface area contributed by atoms with Crippen molar-refractivity contribution in [2.45, 2.75) is 32.3 Å². The predicted molar refractivity (Wildman–Crippen MR) is 123 cm³/mol. The number of cyclic esters (lactones) is 1. The van der Waals surface area contributed by atoms with Crippen LogP contribution in [0.2, 0.25) is 0 Å². The first-order valence-electron chi connectivity index (χ1n) is 11.3. The van der Waals surface area contributed by atoms with E-state index in [1.165, 1.54) is 30.0 Å². The van der Waals surface area contributed by atoms with Gasteiger partial charge in [0.1, 0.15) is 17.7 Å². The van der Waals surface area contributed by atoms with E-state index >= 15 is 0 Å². The average Bonchev–Trinajstić information content (AvgIpc) is 3.19. The first-order chi connectivity index (χ1) is 16.4. The molecule has 7 nitrogen and oxygen atoms in total. The second kappa shape index (κ2) is 10.1. The topological polar surface area (TPSA) is 85.7 Å². The molecule has 0 aliphatic carbocycles. The van der Waals surface area contributed by atoms with Crippen molar-refractivity contribution in [1.82, 2.24) is 5.32 Å². The summed E-state index contributed by atoms with van der Waals surface area (Å²) in [7, 11) is 0. The molecule has 0 radical (unpaired) electrons. The fourth-order valence-corrected chi connectivity index (χ4v) is 4.44. The van der Waals surface area contributed by atoms with Crippen LogP contribution in [0.15, 0.2) is 36.4 Å². The lowest BCUT2D eigenvalue weighted by Gasteiger charge is -2.33. The van der Waals surface area contributed by atoms with Gasteiger partial charge in [0, 0.05) is 32.0 Å². The highest BCUT2D eigenvalue weighted by Gasteiger charge is 2.32. The first kappa shape index (κ1) is 23.5. The van der Waals surface area contributed by atoms with Crippen molar-refractivity contribution in [2.24, 2.45) is 5.92 Å². The van der Waals surface area contributed by atoms with Gasteiger partial charge in [0.25, 0.3) is 0 Å². The van der Waals surface area contributed by atoms with E-state index in [0.29, 0.717) is 42.4 Å². The minimum atomic E-state index is -0.614. The van der Waals surface area contributed by atoms with E-state index in [1.807, 2.05) is 4.90 Å². The van der Waals surface area contributed by atoms with Gasteiger partial charge in [-0.25, -0.2) is 13.6 Å². The molecule has 2 saturated heterocycles. The number of hydrogen-bond acceptors (Lipinski definition) is 5. The van der Waals surface area contributed by atoms with E-state index in [-0.39, 0.29) is 24.6 Å². The minimum Gasteiger partial charge on any atom is -0.442 e. The van der Waals surface area contributed by atoms with Crippen molar-refractivity contribution in [3.8, 4) is 17.2 Å². The summed E-state index contributed by atoms with van der Waals surface area (Å²) in [5.74, 6) is -0.889. The average molecular weight is 469 g/mol. The van der Waals surface area contributed by atoms with E-state index in [4.69, 9.17) is 10.00 Å². The van der Waals surface area contributed by atoms with Gasteiger partial charge < -0.3 is 15.0 Å². The Morgan fingerprint density at radius 3 is 2.59 bits per heavy atom. The van der Waals surface area contributed by atoms with Crippen LogP contribution in [-0.2, 0) is 9.53 Å². The Morgan fingerprint density at radius 1 is 1.18 bits per heavy atom. The molecule has 4 rings (SSSR count). The molecule has 2 heterocycles. The second-order valence-electron chi connectivity index (χ2n) is 8.68. The Morgan fingerprint density at radius 2 is 1.94 bits per heavy atom. The maximum atomic E-state index is 15.0. The molecule has 0 aromatic heterocycles. The largest absolute Gasteiger partial charge is 0.442 e. The summed E-state index contributed by atoms with van der Waals surface area (Å²) >= 11 is 0. The van der Waals surface area contributed by atoms with E-state index in [1.54, 1.807) is 18.2 Å². The van der Waals surface area contributed by atoms with Crippen LogP contribution in [0, 0.1) is 28.9 Å². The Bertz CT molecular complexity index is 1130. The van der Waals surface area contributed by atoms with E-state index in [0.717, 1.165) is 12.8 Å². The monoisotopic (exact) mass is 468 g/mol. The molecule has 2 aliphatic rings. The van der Waals surface area contributed by atoms with Crippen molar-refractivity contribution >= 4 is 23.4 Å². The number of piperidine rings is 1. The van der Waals surface area contributed by atoms with Crippen LogP contribution < -0.4 is 15.1 Å². The van der Waals surface area contributed by atoms with Crippen LogP contribution >= 0.6 is 0 Å². The summed E-state index contributed by atoms with van der Waals surface area (Å²) in [6.07, 6.45) is 1.07. The zero-order valence-corrected chi connectivity index (χ0v) is 18.9. The number of ether oxygens (including phenoxy) is 1. The summed E-state index contributed by atoms with van der Waals surface area (Å²) < 4.78 is 35.1. The molecule has 0 saturated carbocycles. The molecular weight excluding hydrogens is 442 g/mol. The van der Waals surface area contributed by atoms with E-state index in [9.17, 15) is 18.4 Å². The van der Waals surface area contributed by atoms with Crippen molar-refractivity contribution in [1.29, 1.82) is 5.26 Å². The van der Waals surface area contributed by atoms with Crippen molar-refractivity contribution in [3.63, 3.8) is 0 Å². The van der Waals surface area contributed by atoms with Crippen molar-refractivity contribution < 1.29 is 23.1 Å². The summed E-state index contributed by atoms with van der Waals surface area (Å²) in [6, 6.07) is 11.2. The maximum absolute atomic E-state index is 15.0. The number of hydrogen-bond donors (Lipinski definition) is 1. The summed E-state index contributed by atoms with van der Waals surface area (Å²) in [4.78, 5) is 26.5. The first-order valence-corrected chi connectivity index (χ1v) is 11.3. The van der Waals surface area contributed by atoms with Gasteiger partial charge in [0.15, 0.2) is 0 Å². The molecule has 0 bridgehead atoms. The zero-order chi connectivity index (χ0) is 24.2. The zero-order valence-electron chi connectivity index (χ0n) is 18.9. The third-order valence-corrected chi connectivity index (χ3v) is 6.31. The summed E-state index contributed by atoms with van der Waals surface area (Å²) in [6.45, 7) is 3.10. The molecule has 1 unspecified atom stereocenters. The molecule has 34 heavy (non-hydrogen) atoms. The van der Waals surface area contributed by atoms with E-state index < -0.39 is 23.8 Å². The number of anilines is 2. The molecule has 178 valence electrons. The fourth-order valence-electron chi connectivity index (χ4n) is 4.44. The Balaban J connectivity index is 1.46. The number of benzene rings is 2. The van der Waals surface area contributed by atoms with Gasteiger partial charge >= 0.3 is 6.09 Å². The smallest absolute Gasteiger partial charge is 0.414 e. The molecule has 1 atom stereocenters. The van der Waals surface area contributed by atoms with Gasteiger partial charge in [0.2, 0.25) is 5.91 Å². The number of halogens is 2. The summed E-state index contributed by atoms with van der Waals surface area (Å²) in [5.41, 5.74) is 1.43. The number of amides is 2. The van der Waals surface area contributed by atoms with Crippen LogP contribution in [-0.4, -0.2) is 44.3 Å². The molecule has 9 heteroatoms. The molecule has 0 spiro atoms. The minimum absolute atomic E-state index is 0.180. The van der Waals surface area contributed by atoms with Crippen LogP contribution in [0.5, 0.6) is 0 Å². The number of nitriles is 1. The van der Waals surface area contributed by atoms with Gasteiger partial charge in [-0.2, -0.15) is 5.26 Å². The van der Waals surface area contributed by atoms with Crippen LogP contribution in [0.3, 0.4) is 0 Å². The lowest BCUT2D eigenvalue weighted by Crippen LogP contribution is -2.34. The molecule has 2 aliphatic heterocycles. The predicted octanol–water partition coefficient (Wildman–Crippen LogP) is 4.22. The molecule has 2 fully saturated rings.